The molecule has 2 aliphatic carbocycles. The van der Waals surface area contributed by atoms with Crippen LogP contribution in [0.25, 0.3) is 0 Å². The van der Waals surface area contributed by atoms with Gasteiger partial charge >= 0.3 is 5.97 Å². The molecule has 2 rings (SSSR count). The number of esters is 1. The molecule has 0 heterocycles. The highest BCUT2D eigenvalue weighted by Gasteiger charge is 2.63. The summed E-state index contributed by atoms with van der Waals surface area (Å²) in [6.45, 7) is 0. The summed E-state index contributed by atoms with van der Waals surface area (Å²) in [5, 5.41) is 0. The van der Waals surface area contributed by atoms with Gasteiger partial charge in [0.15, 0.2) is 0 Å². The van der Waals surface area contributed by atoms with Gasteiger partial charge in [-0.25, -0.2) is 0 Å². The molecule has 11 heavy (non-hydrogen) atoms. The van der Waals surface area contributed by atoms with Crippen LogP contribution in [0, 0.1) is 11.3 Å². The molecule has 2 N–H and O–H groups in total. The standard InChI is InChI=1S/C8H13NO2/c1-11-7(10)8-3-2-5(8)6(9)4-8/h5-6H,2-4,9H2,1H3. The zero-order valence-electron chi connectivity index (χ0n) is 6.67. The molecule has 2 fully saturated rings. The van der Waals surface area contributed by atoms with Crippen LogP contribution >= 0.6 is 0 Å². The highest BCUT2D eigenvalue weighted by molar-refractivity contribution is 5.80. The molecule has 0 aromatic heterocycles. The Bertz CT molecular complexity index is 204. The zero-order chi connectivity index (χ0) is 8.06. The molecule has 3 nitrogen and oxygen atoms in total. The third-order valence-corrected chi connectivity index (χ3v) is 3.32. The van der Waals surface area contributed by atoms with Crippen LogP contribution in [0.15, 0.2) is 0 Å². The highest BCUT2D eigenvalue weighted by Crippen LogP contribution is 2.60. The molecule has 2 aliphatic rings. The van der Waals surface area contributed by atoms with Gasteiger partial charge in [0.25, 0.3) is 0 Å². The van der Waals surface area contributed by atoms with Crippen molar-refractivity contribution in [2.24, 2.45) is 17.1 Å². The van der Waals surface area contributed by atoms with Crippen molar-refractivity contribution >= 4 is 5.97 Å². The van der Waals surface area contributed by atoms with Crippen molar-refractivity contribution in [2.75, 3.05) is 7.11 Å². The van der Waals surface area contributed by atoms with E-state index in [0.717, 1.165) is 19.3 Å². The topological polar surface area (TPSA) is 52.3 Å². The summed E-state index contributed by atoms with van der Waals surface area (Å²) in [4.78, 5) is 11.2. The van der Waals surface area contributed by atoms with Crippen LogP contribution in [0.2, 0.25) is 0 Å². The van der Waals surface area contributed by atoms with Crippen LogP contribution < -0.4 is 5.73 Å². The first-order valence-corrected chi connectivity index (χ1v) is 4.05. The maximum absolute atomic E-state index is 11.2. The molecule has 3 unspecified atom stereocenters. The highest BCUT2D eigenvalue weighted by atomic mass is 16.5. The van der Waals surface area contributed by atoms with Crippen molar-refractivity contribution in [2.45, 2.75) is 25.3 Å². The summed E-state index contributed by atoms with van der Waals surface area (Å²) in [7, 11) is 1.45. The second-order valence-electron chi connectivity index (χ2n) is 3.66. The summed E-state index contributed by atoms with van der Waals surface area (Å²) in [6, 6.07) is 0.253. The first-order valence-electron chi connectivity index (χ1n) is 4.05. The number of nitrogens with two attached hydrogens (primary N) is 1. The maximum atomic E-state index is 11.2. The lowest BCUT2D eigenvalue weighted by molar-refractivity contribution is -0.184. The second kappa shape index (κ2) is 1.97. The smallest absolute Gasteiger partial charge is 0.312 e. The fourth-order valence-corrected chi connectivity index (χ4v) is 2.48. The first-order chi connectivity index (χ1) is 5.20. The molecule has 3 heteroatoms. The summed E-state index contributed by atoms with van der Waals surface area (Å²) >= 11 is 0. The molecule has 0 saturated heterocycles. The monoisotopic (exact) mass is 155 g/mol. The van der Waals surface area contributed by atoms with E-state index in [1.54, 1.807) is 0 Å². The van der Waals surface area contributed by atoms with E-state index in [0.29, 0.717) is 5.92 Å². The van der Waals surface area contributed by atoms with E-state index >= 15 is 0 Å². The Kier molecular flexibility index (Phi) is 1.27. The third-order valence-electron chi connectivity index (χ3n) is 3.32. The molecule has 3 atom stereocenters. The number of fused-ring (bicyclic) bond motifs is 1. The van der Waals surface area contributed by atoms with Gasteiger partial charge < -0.3 is 10.5 Å². The van der Waals surface area contributed by atoms with Gasteiger partial charge in [-0.05, 0) is 25.2 Å². The van der Waals surface area contributed by atoms with Crippen LogP contribution in [-0.4, -0.2) is 19.1 Å². The average molecular weight is 155 g/mol. The Labute approximate surface area is 65.9 Å². The Morgan fingerprint density at radius 1 is 1.73 bits per heavy atom. The van der Waals surface area contributed by atoms with Crippen molar-refractivity contribution in [1.82, 2.24) is 0 Å². The number of ether oxygens (including phenoxy) is 1. The Morgan fingerprint density at radius 2 is 2.45 bits per heavy atom. The predicted octanol–water partition coefficient (Wildman–Crippen LogP) is 0.287. The number of carbonyl (C=O) groups excluding carboxylic acids is 1. The Morgan fingerprint density at radius 3 is 2.73 bits per heavy atom. The fourth-order valence-electron chi connectivity index (χ4n) is 2.48. The molecular weight excluding hydrogens is 142 g/mol. The summed E-state index contributed by atoms with van der Waals surface area (Å²) in [6.07, 6.45) is 2.93. The van der Waals surface area contributed by atoms with E-state index in [9.17, 15) is 4.79 Å². The van der Waals surface area contributed by atoms with Gasteiger partial charge in [0, 0.05) is 6.04 Å². The van der Waals surface area contributed by atoms with Crippen molar-refractivity contribution in [3.05, 3.63) is 0 Å². The lowest BCUT2D eigenvalue weighted by Gasteiger charge is -2.59. The quantitative estimate of drug-likeness (QED) is 0.553. The van der Waals surface area contributed by atoms with Gasteiger partial charge in [0.1, 0.15) is 0 Å². The first kappa shape index (κ1) is 7.10. The minimum absolute atomic E-state index is 0.0459. The van der Waals surface area contributed by atoms with Crippen LogP contribution in [-0.2, 0) is 9.53 Å². The normalized spacial score (nSPS) is 46.7. The van der Waals surface area contributed by atoms with Crippen LogP contribution in [0.5, 0.6) is 0 Å². The maximum Gasteiger partial charge on any atom is 0.312 e. The molecule has 0 radical (unpaired) electrons. The summed E-state index contributed by atoms with van der Waals surface area (Å²) in [5.74, 6) is 0.380. The number of methoxy groups -OCH3 is 1. The van der Waals surface area contributed by atoms with E-state index in [1.165, 1.54) is 7.11 Å². The SMILES string of the molecule is COC(=O)C12CCC1C(N)C2. The Balaban J connectivity index is 2.09. The van der Waals surface area contributed by atoms with E-state index in [-0.39, 0.29) is 17.4 Å². The van der Waals surface area contributed by atoms with Crippen molar-refractivity contribution in [3.8, 4) is 0 Å². The van der Waals surface area contributed by atoms with Crippen molar-refractivity contribution in [1.29, 1.82) is 0 Å². The van der Waals surface area contributed by atoms with Gasteiger partial charge in [0.2, 0.25) is 0 Å². The van der Waals surface area contributed by atoms with E-state index in [4.69, 9.17) is 10.5 Å². The fraction of sp³-hybridized carbons (Fsp3) is 0.875. The summed E-state index contributed by atoms with van der Waals surface area (Å²) < 4.78 is 4.73. The number of rotatable bonds is 1. The second-order valence-corrected chi connectivity index (χ2v) is 3.66. The molecular formula is C8H13NO2. The number of carbonyl (C=O) groups is 1. The van der Waals surface area contributed by atoms with Gasteiger partial charge in [-0.15, -0.1) is 0 Å². The molecule has 0 aromatic rings. The molecule has 0 aliphatic heterocycles. The van der Waals surface area contributed by atoms with Crippen LogP contribution in [0.1, 0.15) is 19.3 Å². The van der Waals surface area contributed by atoms with Crippen molar-refractivity contribution < 1.29 is 9.53 Å². The van der Waals surface area contributed by atoms with Gasteiger partial charge in [0.05, 0.1) is 12.5 Å². The number of hydrogen-bond acceptors (Lipinski definition) is 3. The lowest BCUT2D eigenvalue weighted by Crippen LogP contribution is -2.65. The predicted molar refractivity (Wildman–Crippen MR) is 39.8 cm³/mol. The van der Waals surface area contributed by atoms with Gasteiger partial charge in [-0.3, -0.25) is 4.79 Å². The van der Waals surface area contributed by atoms with Crippen LogP contribution in [0.4, 0.5) is 0 Å². The minimum Gasteiger partial charge on any atom is -0.469 e. The van der Waals surface area contributed by atoms with Crippen LogP contribution in [0.3, 0.4) is 0 Å². The van der Waals surface area contributed by atoms with Gasteiger partial charge in [-0.2, -0.15) is 0 Å². The minimum atomic E-state index is -0.145. The van der Waals surface area contributed by atoms with E-state index < -0.39 is 0 Å². The average Bonchev–Trinajstić information content (AvgIpc) is 1.97. The molecule has 0 spiro atoms. The molecule has 2 saturated carbocycles. The molecule has 0 aromatic carbocycles. The zero-order valence-corrected chi connectivity index (χ0v) is 6.67. The van der Waals surface area contributed by atoms with E-state index in [1.807, 2.05) is 0 Å². The Hall–Kier alpha value is -0.570. The largest absolute Gasteiger partial charge is 0.469 e. The van der Waals surface area contributed by atoms with E-state index in [2.05, 4.69) is 0 Å². The molecule has 62 valence electrons. The van der Waals surface area contributed by atoms with Crippen molar-refractivity contribution in [3.63, 3.8) is 0 Å². The number of hydrogen-bond donors (Lipinski definition) is 1. The lowest BCUT2D eigenvalue weighted by atomic mass is 9.45. The summed E-state index contributed by atoms with van der Waals surface area (Å²) in [5.41, 5.74) is 5.59. The van der Waals surface area contributed by atoms with Gasteiger partial charge in [-0.1, -0.05) is 0 Å². The molecule has 0 bridgehead atoms. The third kappa shape index (κ3) is 0.644. The molecule has 0 amide bonds.